The third kappa shape index (κ3) is 1.64. The molecule has 1 atom stereocenters. The zero-order chi connectivity index (χ0) is 9.47. The summed E-state index contributed by atoms with van der Waals surface area (Å²) in [5.74, 6) is 0.640. The van der Waals surface area contributed by atoms with Gasteiger partial charge in [0.2, 0.25) is 0 Å². The third-order valence-corrected chi connectivity index (χ3v) is 4.25. The molecular weight excluding hydrogens is 178 g/mol. The first-order valence-corrected chi connectivity index (χ1v) is 5.99. The molecule has 1 heterocycles. The lowest BCUT2D eigenvalue weighted by Crippen LogP contribution is -2.00. The Hall–Kier alpha value is -0.370. The van der Waals surface area contributed by atoms with Crippen molar-refractivity contribution in [3.8, 4) is 0 Å². The van der Waals surface area contributed by atoms with Crippen LogP contribution in [0.3, 0.4) is 0 Å². The Balaban J connectivity index is 2.18. The first-order chi connectivity index (χ1) is 6.15. The van der Waals surface area contributed by atoms with E-state index < -0.39 is 0 Å². The Morgan fingerprint density at radius 3 is 2.85 bits per heavy atom. The van der Waals surface area contributed by atoms with Crippen molar-refractivity contribution < 1.29 is 0 Å². The fourth-order valence-corrected chi connectivity index (χ4v) is 2.53. The summed E-state index contributed by atoms with van der Waals surface area (Å²) in [6.07, 6.45) is 3.86. The predicted octanol–water partition coefficient (Wildman–Crippen LogP) is 3.71. The minimum atomic E-state index is 0.447. The van der Waals surface area contributed by atoms with Gasteiger partial charge in [0.1, 0.15) is 0 Å². The normalized spacial score (nSPS) is 21.5. The molecule has 2 heteroatoms. The number of rotatable bonds is 3. The van der Waals surface area contributed by atoms with Gasteiger partial charge in [0, 0.05) is 16.7 Å². The van der Waals surface area contributed by atoms with Gasteiger partial charge in [-0.25, -0.2) is 4.98 Å². The van der Waals surface area contributed by atoms with E-state index in [4.69, 9.17) is 4.98 Å². The topological polar surface area (TPSA) is 12.9 Å². The SMILES string of the molecule is CCC(C)c1nc(C2(C)CC2)cs1. The zero-order valence-electron chi connectivity index (χ0n) is 8.63. The molecule has 1 fully saturated rings. The van der Waals surface area contributed by atoms with E-state index in [1.807, 2.05) is 11.3 Å². The Labute approximate surface area is 84.2 Å². The summed E-state index contributed by atoms with van der Waals surface area (Å²) in [4.78, 5) is 4.73. The molecule has 0 saturated heterocycles. The second-order valence-corrected chi connectivity index (χ2v) is 5.33. The second-order valence-electron chi connectivity index (χ2n) is 4.44. The van der Waals surface area contributed by atoms with Crippen molar-refractivity contribution in [3.63, 3.8) is 0 Å². The Morgan fingerprint density at radius 2 is 2.31 bits per heavy atom. The van der Waals surface area contributed by atoms with E-state index in [9.17, 15) is 0 Å². The van der Waals surface area contributed by atoms with Crippen molar-refractivity contribution in [1.29, 1.82) is 0 Å². The molecule has 0 aromatic carbocycles. The van der Waals surface area contributed by atoms with E-state index in [-0.39, 0.29) is 0 Å². The average molecular weight is 195 g/mol. The molecule has 0 amide bonds. The fraction of sp³-hybridized carbons (Fsp3) is 0.727. The summed E-state index contributed by atoms with van der Waals surface area (Å²) in [5.41, 5.74) is 1.79. The van der Waals surface area contributed by atoms with Gasteiger partial charge in [-0.1, -0.05) is 20.8 Å². The van der Waals surface area contributed by atoms with Crippen LogP contribution < -0.4 is 0 Å². The highest BCUT2D eigenvalue weighted by Gasteiger charge is 2.41. The van der Waals surface area contributed by atoms with Crippen LogP contribution in [0.2, 0.25) is 0 Å². The van der Waals surface area contributed by atoms with Crippen molar-refractivity contribution in [3.05, 3.63) is 16.1 Å². The first-order valence-electron chi connectivity index (χ1n) is 5.11. The van der Waals surface area contributed by atoms with E-state index in [1.54, 1.807) is 0 Å². The lowest BCUT2D eigenvalue weighted by molar-refractivity contribution is 0.700. The fourth-order valence-electron chi connectivity index (χ4n) is 1.41. The first kappa shape index (κ1) is 9.20. The van der Waals surface area contributed by atoms with Crippen LogP contribution in [0.5, 0.6) is 0 Å². The van der Waals surface area contributed by atoms with Crippen molar-refractivity contribution in [2.45, 2.75) is 51.4 Å². The third-order valence-electron chi connectivity index (χ3n) is 3.17. The van der Waals surface area contributed by atoms with Gasteiger partial charge < -0.3 is 0 Å². The molecule has 1 unspecified atom stereocenters. The predicted molar refractivity (Wildman–Crippen MR) is 57.4 cm³/mol. The molecule has 2 rings (SSSR count). The zero-order valence-corrected chi connectivity index (χ0v) is 9.45. The minimum Gasteiger partial charge on any atom is -0.245 e. The van der Waals surface area contributed by atoms with Gasteiger partial charge in [0.25, 0.3) is 0 Å². The molecule has 1 nitrogen and oxygen atoms in total. The van der Waals surface area contributed by atoms with Crippen molar-refractivity contribution >= 4 is 11.3 Å². The van der Waals surface area contributed by atoms with Crippen molar-refractivity contribution in [2.75, 3.05) is 0 Å². The van der Waals surface area contributed by atoms with Gasteiger partial charge in [-0.2, -0.15) is 0 Å². The molecule has 0 aliphatic heterocycles. The van der Waals surface area contributed by atoms with Crippen LogP contribution in [-0.2, 0) is 5.41 Å². The summed E-state index contributed by atoms with van der Waals surface area (Å²) in [6.45, 7) is 6.81. The summed E-state index contributed by atoms with van der Waals surface area (Å²) < 4.78 is 0. The molecule has 72 valence electrons. The van der Waals surface area contributed by atoms with Crippen LogP contribution in [0, 0.1) is 0 Å². The van der Waals surface area contributed by atoms with Gasteiger partial charge in [-0.3, -0.25) is 0 Å². The molecule has 0 radical (unpaired) electrons. The molecule has 0 spiro atoms. The maximum absolute atomic E-state index is 4.73. The maximum Gasteiger partial charge on any atom is 0.0956 e. The van der Waals surface area contributed by atoms with Crippen LogP contribution >= 0.6 is 11.3 Å². The molecule has 1 saturated carbocycles. The van der Waals surface area contributed by atoms with Crippen LogP contribution in [0.15, 0.2) is 5.38 Å². The highest BCUT2D eigenvalue weighted by Crippen LogP contribution is 2.47. The lowest BCUT2D eigenvalue weighted by atomic mass is 10.1. The van der Waals surface area contributed by atoms with E-state index in [0.717, 1.165) is 0 Å². The number of hydrogen-bond donors (Lipinski definition) is 0. The molecule has 0 N–H and O–H groups in total. The highest BCUT2D eigenvalue weighted by atomic mass is 32.1. The van der Waals surface area contributed by atoms with Gasteiger partial charge in [0.05, 0.1) is 10.7 Å². The van der Waals surface area contributed by atoms with Crippen molar-refractivity contribution in [2.24, 2.45) is 0 Å². The van der Waals surface area contributed by atoms with E-state index >= 15 is 0 Å². The second kappa shape index (κ2) is 3.09. The molecular formula is C11H17NS. The largest absolute Gasteiger partial charge is 0.245 e. The standard InChI is InChI=1S/C11H17NS/c1-4-8(2)10-12-9(7-13-10)11(3)5-6-11/h7-8H,4-6H2,1-3H3. The number of hydrogen-bond acceptors (Lipinski definition) is 2. The molecule has 1 aliphatic carbocycles. The smallest absolute Gasteiger partial charge is 0.0956 e. The van der Waals surface area contributed by atoms with E-state index in [1.165, 1.54) is 30.0 Å². The minimum absolute atomic E-state index is 0.447. The van der Waals surface area contributed by atoms with Crippen LogP contribution in [0.25, 0.3) is 0 Å². The van der Waals surface area contributed by atoms with Gasteiger partial charge in [0.15, 0.2) is 0 Å². The van der Waals surface area contributed by atoms with Crippen molar-refractivity contribution in [1.82, 2.24) is 4.98 Å². The molecule has 1 aliphatic rings. The maximum atomic E-state index is 4.73. The van der Waals surface area contributed by atoms with E-state index in [2.05, 4.69) is 26.2 Å². The summed E-state index contributed by atoms with van der Waals surface area (Å²) in [6, 6.07) is 0. The number of nitrogens with zero attached hydrogens (tertiary/aromatic N) is 1. The number of thiazole rings is 1. The molecule has 13 heavy (non-hydrogen) atoms. The van der Waals surface area contributed by atoms with Gasteiger partial charge in [-0.05, 0) is 19.3 Å². The van der Waals surface area contributed by atoms with Crippen LogP contribution in [-0.4, -0.2) is 4.98 Å². The Kier molecular flexibility index (Phi) is 2.18. The summed E-state index contributed by atoms with van der Waals surface area (Å²) in [5, 5.41) is 3.58. The number of aromatic nitrogens is 1. The van der Waals surface area contributed by atoms with Gasteiger partial charge in [-0.15, -0.1) is 11.3 Å². The Bertz CT molecular complexity index is 299. The quantitative estimate of drug-likeness (QED) is 0.716. The summed E-state index contributed by atoms with van der Waals surface area (Å²) >= 11 is 1.84. The lowest BCUT2D eigenvalue weighted by Gasteiger charge is -2.04. The highest BCUT2D eigenvalue weighted by molar-refractivity contribution is 7.09. The molecule has 0 bridgehead atoms. The van der Waals surface area contributed by atoms with Gasteiger partial charge >= 0.3 is 0 Å². The average Bonchev–Trinajstić information content (AvgIpc) is 2.72. The molecule has 1 aromatic heterocycles. The molecule has 1 aromatic rings. The van der Waals surface area contributed by atoms with Crippen LogP contribution in [0.1, 0.15) is 56.7 Å². The van der Waals surface area contributed by atoms with Crippen LogP contribution in [0.4, 0.5) is 0 Å². The Morgan fingerprint density at radius 1 is 1.62 bits per heavy atom. The monoisotopic (exact) mass is 195 g/mol. The summed E-state index contributed by atoms with van der Waals surface area (Å²) in [7, 11) is 0. The van der Waals surface area contributed by atoms with E-state index in [0.29, 0.717) is 11.3 Å².